The van der Waals surface area contributed by atoms with Gasteiger partial charge >= 0.3 is 0 Å². The highest BCUT2D eigenvalue weighted by atomic mass is 32.1. The topological polar surface area (TPSA) is 82.3 Å². The highest BCUT2D eigenvalue weighted by Gasteiger charge is 2.03. The summed E-state index contributed by atoms with van der Waals surface area (Å²) in [6.45, 7) is 1.11. The summed E-state index contributed by atoms with van der Waals surface area (Å²) in [4.78, 5) is 0. The Balaban J connectivity index is 1.85. The van der Waals surface area contributed by atoms with Crippen molar-refractivity contribution >= 4 is 16.5 Å². The highest BCUT2D eigenvalue weighted by Crippen LogP contribution is 2.18. The largest absolute Gasteiger partial charge is 0.486 e. The van der Waals surface area contributed by atoms with Gasteiger partial charge in [0, 0.05) is 7.11 Å². The van der Waals surface area contributed by atoms with Gasteiger partial charge in [-0.25, -0.2) is 5.84 Å². The van der Waals surface area contributed by atoms with Crippen LogP contribution in [0.1, 0.15) is 10.6 Å². The maximum absolute atomic E-state index is 5.62. The Morgan fingerprint density at radius 2 is 2.05 bits per heavy atom. The monoisotopic (exact) mass is 280 g/mol. The molecule has 0 aliphatic rings. The summed E-state index contributed by atoms with van der Waals surface area (Å²) in [6.07, 6.45) is 0.901. The number of aromatic nitrogens is 2. The summed E-state index contributed by atoms with van der Waals surface area (Å²) in [5.41, 5.74) is 3.67. The Labute approximate surface area is 115 Å². The zero-order chi connectivity index (χ0) is 13.5. The van der Waals surface area contributed by atoms with Crippen LogP contribution in [0, 0.1) is 0 Å². The lowest BCUT2D eigenvalue weighted by molar-refractivity contribution is 0.202. The minimum atomic E-state index is 0.386. The lowest BCUT2D eigenvalue weighted by atomic mass is 10.1. The van der Waals surface area contributed by atoms with E-state index in [2.05, 4.69) is 15.6 Å². The molecular weight excluding hydrogens is 264 g/mol. The van der Waals surface area contributed by atoms with Crippen molar-refractivity contribution in [3.63, 3.8) is 0 Å². The van der Waals surface area contributed by atoms with Crippen LogP contribution < -0.4 is 16.0 Å². The van der Waals surface area contributed by atoms with Crippen molar-refractivity contribution in [2.24, 2.45) is 5.84 Å². The third kappa shape index (κ3) is 4.16. The van der Waals surface area contributed by atoms with Crippen LogP contribution in [-0.4, -0.2) is 23.9 Å². The number of benzene rings is 1. The molecule has 0 aliphatic heterocycles. The third-order valence-electron chi connectivity index (χ3n) is 2.47. The molecule has 0 radical (unpaired) electrons. The van der Waals surface area contributed by atoms with E-state index in [4.69, 9.17) is 15.3 Å². The molecule has 0 aliphatic carbocycles. The maximum atomic E-state index is 5.62. The molecule has 0 bridgehead atoms. The molecule has 0 unspecified atom stereocenters. The first-order valence-corrected chi connectivity index (χ1v) is 6.63. The normalized spacial score (nSPS) is 10.4. The molecule has 0 spiro atoms. The minimum Gasteiger partial charge on any atom is -0.486 e. The van der Waals surface area contributed by atoms with E-state index in [1.807, 2.05) is 24.3 Å². The van der Waals surface area contributed by atoms with Crippen LogP contribution >= 0.6 is 11.3 Å². The fraction of sp³-hybridized carbons (Fsp3) is 0.333. The molecule has 0 fully saturated rings. The van der Waals surface area contributed by atoms with Crippen LogP contribution in [0.3, 0.4) is 0 Å². The van der Waals surface area contributed by atoms with Gasteiger partial charge in [-0.1, -0.05) is 23.5 Å². The molecule has 0 saturated heterocycles. The first-order valence-electron chi connectivity index (χ1n) is 5.81. The van der Waals surface area contributed by atoms with Crippen LogP contribution in [0.5, 0.6) is 5.75 Å². The van der Waals surface area contributed by atoms with Crippen molar-refractivity contribution in [2.45, 2.75) is 13.0 Å². The molecule has 0 atom stereocenters. The van der Waals surface area contributed by atoms with Crippen molar-refractivity contribution < 1.29 is 9.47 Å². The van der Waals surface area contributed by atoms with Crippen LogP contribution in [0.2, 0.25) is 0 Å². The van der Waals surface area contributed by atoms with Gasteiger partial charge in [-0.3, -0.25) is 5.43 Å². The molecule has 102 valence electrons. The molecule has 0 saturated carbocycles. The predicted molar refractivity (Wildman–Crippen MR) is 74.1 cm³/mol. The summed E-state index contributed by atoms with van der Waals surface area (Å²) < 4.78 is 10.7. The van der Waals surface area contributed by atoms with E-state index < -0.39 is 0 Å². The zero-order valence-electron chi connectivity index (χ0n) is 10.6. The average molecular weight is 280 g/mol. The second-order valence-corrected chi connectivity index (χ2v) is 4.88. The summed E-state index contributed by atoms with van der Waals surface area (Å²) in [5, 5.41) is 9.13. The van der Waals surface area contributed by atoms with E-state index in [0.717, 1.165) is 23.8 Å². The molecule has 2 aromatic rings. The average Bonchev–Trinajstić information content (AvgIpc) is 2.92. The SMILES string of the molecule is COCCc1ccc(OCc2nnc(NN)s2)cc1. The fourth-order valence-corrected chi connectivity index (χ4v) is 2.05. The number of rotatable bonds is 7. The van der Waals surface area contributed by atoms with Crippen molar-refractivity contribution in [1.82, 2.24) is 10.2 Å². The van der Waals surface area contributed by atoms with Gasteiger partial charge in [0.15, 0.2) is 5.01 Å². The van der Waals surface area contributed by atoms with Gasteiger partial charge in [-0.2, -0.15) is 0 Å². The molecule has 6 nitrogen and oxygen atoms in total. The second kappa shape index (κ2) is 7.03. The van der Waals surface area contributed by atoms with E-state index in [1.54, 1.807) is 7.11 Å². The molecule has 7 heteroatoms. The molecule has 2 rings (SSSR count). The number of nitrogens with zero attached hydrogens (tertiary/aromatic N) is 2. The van der Waals surface area contributed by atoms with Gasteiger partial charge in [0.05, 0.1) is 6.61 Å². The van der Waals surface area contributed by atoms with E-state index in [0.29, 0.717) is 11.7 Å². The third-order valence-corrected chi connectivity index (χ3v) is 3.30. The van der Waals surface area contributed by atoms with Crippen LogP contribution in [0.4, 0.5) is 5.13 Å². The Hall–Kier alpha value is -1.70. The van der Waals surface area contributed by atoms with Crippen molar-refractivity contribution in [3.8, 4) is 5.75 Å². The van der Waals surface area contributed by atoms with Crippen molar-refractivity contribution in [3.05, 3.63) is 34.8 Å². The Kier molecular flexibility index (Phi) is 5.08. The Morgan fingerprint density at radius 3 is 2.68 bits per heavy atom. The molecule has 1 aromatic heterocycles. The van der Waals surface area contributed by atoms with Gasteiger partial charge in [-0.15, -0.1) is 10.2 Å². The quantitative estimate of drug-likeness (QED) is 0.592. The molecular formula is C12H16N4O2S. The summed E-state index contributed by atoms with van der Waals surface area (Å²) >= 11 is 1.37. The fourth-order valence-electron chi connectivity index (χ4n) is 1.49. The number of hydrogen-bond donors (Lipinski definition) is 2. The van der Waals surface area contributed by atoms with E-state index in [9.17, 15) is 0 Å². The standard InChI is InChI=1S/C12H16N4O2S/c1-17-7-6-9-2-4-10(5-3-9)18-8-11-15-16-12(14-13)19-11/h2-5H,6-8,13H2,1H3,(H,14,16). The van der Waals surface area contributed by atoms with E-state index in [-0.39, 0.29) is 0 Å². The Morgan fingerprint density at radius 1 is 1.26 bits per heavy atom. The summed E-state index contributed by atoms with van der Waals surface area (Å²) in [5.74, 6) is 6.04. The Bertz CT molecular complexity index is 501. The first-order chi connectivity index (χ1) is 9.31. The number of anilines is 1. The highest BCUT2D eigenvalue weighted by molar-refractivity contribution is 7.15. The van der Waals surface area contributed by atoms with Crippen molar-refractivity contribution in [1.29, 1.82) is 0 Å². The summed E-state index contributed by atoms with van der Waals surface area (Å²) in [7, 11) is 1.70. The van der Waals surface area contributed by atoms with E-state index >= 15 is 0 Å². The molecule has 0 amide bonds. The number of hydrogen-bond acceptors (Lipinski definition) is 7. The minimum absolute atomic E-state index is 0.386. The lowest BCUT2D eigenvalue weighted by Crippen LogP contribution is -2.05. The molecule has 19 heavy (non-hydrogen) atoms. The van der Waals surface area contributed by atoms with Gasteiger partial charge in [0.25, 0.3) is 0 Å². The van der Waals surface area contributed by atoms with E-state index in [1.165, 1.54) is 16.9 Å². The molecule has 3 N–H and O–H groups in total. The first kappa shape index (κ1) is 13.7. The van der Waals surface area contributed by atoms with Crippen LogP contribution in [-0.2, 0) is 17.8 Å². The maximum Gasteiger partial charge on any atom is 0.219 e. The van der Waals surface area contributed by atoms with Crippen molar-refractivity contribution in [2.75, 3.05) is 19.1 Å². The summed E-state index contributed by atoms with van der Waals surface area (Å²) in [6, 6.07) is 7.94. The molecule has 1 heterocycles. The van der Waals surface area contributed by atoms with Gasteiger partial charge in [0.1, 0.15) is 12.4 Å². The van der Waals surface area contributed by atoms with Crippen LogP contribution in [0.25, 0.3) is 0 Å². The predicted octanol–water partition coefficient (Wildman–Crippen LogP) is 1.59. The zero-order valence-corrected chi connectivity index (χ0v) is 11.4. The molecule has 1 aromatic carbocycles. The smallest absolute Gasteiger partial charge is 0.219 e. The number of nitrogens with two attached hydrogens (primary N) is 1. The van der Waals surface area contributed by atoms with Gasteiger partial charge in [-0.05, 0) is 24.1 Å². The number of nitrogens with one attached hydrogen (secondary N) is 1. The number of methoxy groups -OCH3 is 1. The second-order valence-electron chi connectivity index (χ2n) is 3.82. The number of ether oxygens (including phenoxy) is 2. The number of nitrogen functional groups attached to an aromatic ring is 1. The van der Waals surface area contributed by atoms with Gasteiger partial charge < -0.3 is 9.47 Å². The van der Waals surface area contributed by atoms with Gasteiger partial charge in [0.2, 0.25) is 5.13 Å². The van der Waals surface area contributed by atoms with Crippen LogP contribution in [0.15, 0.2) is 24.3 Å². The number of hydrazine groups is 1. The lowest BCUT2D eigenvalue weighted by Gasteiger charge is -2.05.